The van der Waals surface area contributed by atoms with Crippen molar-refractivity contribution in [1.29, 1.82) is 0 Å². The molecule has 0 aliphatic rings. The standard InChI is InChI=1S/C13H19Cl2NO2S/c1-4-13(16-9(2)8-19(3,17)18)10-5-6-11(14)12(15)7-10/h5-7,9,13,16H,4,8H2,1-3H3. The van der Waals surface area contributed by atoms with E-state index in [9.17, 15) is 8.42 Å². The summed E-state index contributed by atoms with van der Waals surface area (Å²) in [6, 6.07) is 5.42. The van der Waals surface area contributed by atoms with Crippen LogP contribution in [0.15, 0.2) is 18.2 Å². The van der Waals surface area contributed by atoms with Gasteiger partial charge in [0.15, 0.2) is 0 Å². The predicted molar refractivity (Wildman–Crippen MR) is 81.8 cm³/mol. The van der Waals surface area contributed by atoms with Crippen LogP contribution in [0.5, 0.6) is 0 Å². The third-order valence-corrected chi connectivity index (χ3v) is 4.64. The number of sulfone groups is 1. The largest absolute Gasteiger partial charge is 0.306 e. The van der Waals surface area contributed by atoms with E-state index in [0.29, 0.717) is 10.0 Å². The molecule has 0 aliphatic carbocycles. The molecular formula is C13H19Cl2NO2S. The molecule has 1 aromatic carbocycles. The second-order valence-electron chi connectivity index (χ2n) is 4.79. The molecule has 0 saturated heterocycles. The van der Waals surface area contributed by atoms with Gasteiger partial charge in [0.1, 0.15) is 9.84 Å². The van der Waals surface area contributed by atoms with Crippen LogP contribution in [0, 0.1) is 0 Å². The molecule has 0 fully saturated rings. The molecule has 0 aromatic heterocycles. The molecule has 0 amide bonds. The fourth-order valence-electron chi connectivity index (χ4n) is 2.02. The second-order valence-corrected chi connectivity index (χ2v) is 7.79. The van der Waals surface area contributed by atoms with Crippen LogP contribution in [0.3, 0.4) is 0 Å². The maximum absolute atomic E-state index is 11.3. The lowest BCUT2D eigenvalue weighted by Gasteiger charge is -2.22. The van der Waals surface area contributed by atoms with Crippen LogP contribution < -0.4 is 5.32 Å². The molecule has 0 aliphatic heterocycles. The zero-order valence-corrected chi connectivity index (χ0v) is 13.6. The lowest BCUT2D eigenvalue weighted by molar-refractivity contribution is 0.464. The van der Waals surface area contributed by atoms with Crippen molar-refractivity contribution in [3.8, 4) is 0 Å². The summed E-state index contributed by atoms with van der Waals surface area (Å²) in [7, 11) is -2.98. The van der Waals surface area contributed by atoms with Crippen molar-refractivity contribution in [3.05, 3.63) is 33.8 Å². The fraction of sp³-hybridized carbons (Fsp3) is 0.538. The summed E-state index contributed by atoms with van der Waals surface area (Å²) in [4.78, 5) is 0. The van der Waals surface area contributed by atoms with Gasteiger partial charge in [-0.25, -0.2) is 8.42 Å². The molecule has 19 heavy (non-hydrogen) atoms. The maximum Gasteiger partial charge on any atom is 0.148 e. The van der Waals surface area contributed by atoms with Gasteiger partial charge >= 0.3 is 0 Å². The number of benzene rings is 1. The van der Waals surface area contributed by atoms with Gasteiger partial charge in [-0.3, -0.25) is 0 Å². The summed E-state index contributed by atoms with van der Waals surface area (Å²) in [5.74, 6) is 0.116. The zero-order valence-electron chi connectivity index (χ0n) is 11.3. The maximum atomic E-state index is 11.3. The lowest BCUT2D eigenvalue weighted by Crippen LogP contribution is -2.35. The van der Waals surface area contributed by atoms with Gasteiger partial charge in [-0.2, -0.15) is 0 Å². The van der Waals surface area contributed by atoms with Crippen molar-refractivity contribution in [1.82, 2.24) is 5.32 Å². The molecule has 0 saturated carbocycles. The third-order valence-electron chi connectivity index (χ3n) is 2.79. The van der Waals surface area contributed by atoms with Crippen LogP contribution in [0.4, 0.5) is 0 Å². The summed E-state index contributed by atoms with van der Waals surface area (Å²) < 4.78 is 22.5. The molecular weight excluding hydrogens is 305 g/mol. The Balaban J connectivity index is 2.80. The van der Waals surface area contributed by atoms with Gasteiger partial charge in [-0.1, -0.05) is 36.2 Å². The second kappa shape index (κ2) is 6.93. The van der Waals surface area contributed by atoms with Crippen molar-refractivity contribution < 1.29 is 8.42 Å². The highest BCUT2D eigenvalue weighted by molar-refractivity contribution is 7.90. The Morgan fingerprint density at radius 3 is 2.37 bits per heavy atom. The molecule has 1 N–H and O–H groups in total. The van der Waals surface area contributed by atoms with Crippen LogP contribution >= 0.6 is 23.2 Å². The van der Waals surface area contributed by atoms with Crippen molar-refractivity contribution in [3.63, 3.8) is 0 Å². The average Bonchev–Trinajstić information content (AvgIpc) is 2.27. The summed E-state index contributed by atoms with van der Waals surface area (Å²) in [5, 5.41) is 4.33. The van der Waals surface area contributed by atoms with E-state index < -0.39 is 9.84 Å². The van der Waals surface area contributed by atoms with E-state index >= 15 is 0 Å². The molecule has 0 spiro atoms. The summed E-state index contributed by atoms with van der Waals surface area (Å²) in [5.41, 5.74) is 1.01. The highest BCUT2D eigenvalue weighted by Gasteiger charge is 2.16. The van der Waals surface area contributed by atoms with Gasteiger partial charge < -0.3 is 5.32 Å². The van der Waals surface area contributed by atoms with E-state index in [2.05, 4.69) is 5.32 Å². The smallest absolute Gasteiger partial charge is 0.148 e. The van der Waals surface area contributed by atoms with E-state index in [-0.39, 0.29) is 17.8 Å². The van der Waals surface area contributed by atoms with Gasteiger partial charge in [0.05, 0.1) is 15.8 Å². The van der Waals surface area contributed by atoms with Crippen LogP contribution in [0.2, 0.25) is 10.0 Å². The monoisotopic (exact) mass is 323 g/mol. The Morgan fingerprint density at radius 2 is 1.89 bits per heavy atom. The Kier molecular flexibility index (Phi) is 6.12. The third kappa shape index (κ3) is 5.69. The van der Waals surface area contributed by atoms with Gasteiger partial charge in [-0.05, 0) is 31.0 Å². The zero-order chi connectivity index (χ0) is 14.6. The van der Waals surface area contributed by atoms with Gasteiger partial charge in [-0.15, -0.1) is 0 Å². The number of nitrogens with one attached hydrogen (secondary N) is 1. The van der Waals surface area contributed by atoms with Crippen LogP contribution in [-0.2, 0) is 9.84 Å². The number of hydrogen-bond donors (Lipinski definition) is 1. The molecule has 0 radical (unpaired) electrons. The van der Waals surface area contributed by atoms with Crippen molar-refractivity contribution >= 4 is 33.0 Å². The first-order valence-corrected chi connectivity index (χ1v) is 8.93. The minimum atomic E-state index is -2.98. The Hall–Kier alpha value is -0.290. The van der Waals surface area contributed by atoms with Crippen LogP contribution in [0.1, 0.15) is 31.9 Å². The summed E-state index contributed by atoms with van der Waals surface area (Å²) in [6.45, 7) is 3.90. The van der Waals surface area contributed by atoms with Gasteiger partial charge in [0.25, 0.3) is 0 Å². The molecule has 1 rings (SSSR count). The number of halogens is 2. The summed E-state index contributed by atoms with van der Waals surface area (Å²) in [6.07, 6.45) is 2.08. The first-order valence-electron chi connectivity index (χ1n) is 6.11. The minimum Gasteiger partial charge on any atom is -0.306 e. The Bertz CT molecular complexity index is 531. The molecule has 2 atom stereocenters. The first-order chi connectivity index (χ1) is 8.73. The molecule has 1 aromatic rings. The van der Waals surface area contributed by atoms with Crippen LogP contribution in [0.25, 0.3) is 0 Å². The highest BCUT2D eigenvalue weighted by atomic mass is 35.5. The molecule has 0 bridgehead atoms. The lowest BCUT2D eigenvalue weighted by atomic mass is 10.0. The Labute approximate surface area is 125 Å². The first kappa shape index (κ1) is 16.8. The number of hydrogen-bond acceptors (Lipinski definition) is 3. The van der Waals surface area contributed by atoms with Gasteiger partial charge in [0, 0.05) is 18.3 Å². The highest BCUT2D eigenvalue weighted by Crippen LogP contribution is 2.27. The molecule has 0 heterocycles. The van der Waals surface area contributed by atoms with Crippen molar-refractivity contribution in [2.75, 3.05) is 12.0 Å². The molecule has 3 nitrogen and oxygen atoms in total. The van der Waals surface area contributed by atoms with E-state index in [1.165, 1.54) is 6.26 Å². The fourth-order valence-corrected chi connectivity index (χ4v) is 3.34. The number of rotatable bonds is 6. The van der Waals surface area contributed by atoms with Crippen molar-refractivity contribution in [2.45, 2.75) is 32.4 Å². The van der Waals surface area contributed by atoms with Gasteiger partial charge in [0.2, 0.25) is 0 Å². The molecule has 6 heteroatoms. The molecule has 108 valence electrons. The van der Waals surface area contributed by atoms with E-state index in [0.717, 1.165) is 12.0 Å². The average molecular weight is 324 g/mol. The quantitative estimate of drug-likeness (QED) is 0.871. The van der Waals surface area contributed by atoms with Crippen molar-refractivity contribution in [2.24, 2.45) is 0 Å². The predicted octanol–water partition coefficient (Wildman–Crippen LogP) is 3.47. The minimum absolute atomic E-state index is 0.0616. The van der Waals surface area contributed by atoms with E-state index in [4.69, 9.17) is 23.2 Å². The molecule has 2 unspecified atom stereocenters. The normalized spacial score (nSPS) is 15.2. The SMILES string of the molecule is CCC(NC(C)CS(C)(=O)=O)c1ccc(Cl)c(Cl)c1. The Morgan fingerprint density at radius 1 is 1.26 bits per heavy atom. The van der Waals surface area contributed by atoms with E-state index in [1.54, 1.807) is 6.07 Å². The van der Waals surface area contributed by atoms with Crippen LogP contribution in [-0.4, -0.2) is 26.5 Å². The topological polar surface area (TPSA) is 46.2 Å². The van der Waals surface area contributed by atoms with E-state index in [1.807, 2.05) is 26.0 Å². The summed E-state index contributed by atoms with van der Waals surface area (Å²) >= 11 is 11.9.